The molecule has 0 aliphatic heterocycles. The van der Waals surface area contributed by atoms with E-state index in [0.717, 1.165) is 0 Å². The van der Waals surface area contributed by atoms with Crippen molar-refractivity contribution in [2.24, 2.45) is 0 Å². The van der Waals surface area contributed by atoms with Gasteiger partial charge in [0.05, 0.1) is 12.7 Å². The van der Waals surface area contributed by atoms with Crippen molar-refractivity contribution in [3.63, 3.8) is 0 Å². The molecule has 22 heavy (non-hydrogen) atoms. The minimum atomic E-state index is -1.09. The molecule has 0 N–H and O–H groups in total. The van der Waals surface area contributed by atoms with Crippen LogP contribution < -0.4 is 0 Å². The smallest absolute Gasteiger partial charge is 0.466 e. The van der Waals surface area contributed by atoms with Gasteiger partial charge in [0.2, 0.25) is 0 Å². The summed E-state index contributed by atoms with van der Waals surface area (Å²) in [6, 6.07) is 6.67. The average Bonchev–Trinajstić information content (AvgIpc) is 2.42. The minimum absolute atomic E-state index is 0.0542. The highest BCUT2D eigenvalue weighted by molar-refractivity contribution is 6.31. The molecule has 0 aromatic heterocycles. The Bertz CT molecular complexity index is 574. The molecule has 0 saturated heterocycles. The Labute approximate surface area is 134 Å². The first-order valence-electron chi connectivity index (χ1n) is 6.57. The number of esters is 1. The van der Waals surface area contributed by atoms with Crippen molar-refractivity contribution in [2.75, 3.05) is 7.11 Å². The molecular formula is C16H19ClO5. The third-order valence-corrected chi connectivity index (χ3v) is 2.90. The molecule has 120 valence electrons. The zero-order valence-electron chi connectivity index (χ0n) is 13.0. The monoisotopic (exact) mass is 326 g/mol. The summed E-state index contributed by atoms with van der Waals surface area (Å²) in [6.07, 6.45) is -2.02. The van der Waals surface area contributed by atoms with Gasteiger partial charge in [0.15, 0.2) is 6.10 Å². The Morgan fingerprint density at radius 1 is 1.23 bits per heavy atom. The fourth-order valence-electron chi connectivity index (χ4n) is 1.62. The van der Waals surface area contributed by atoms with Gasteiger partial charge in [-0.15, -0.1) is 0 Å². The minimum Gasteiger partial charge on any atom is -0.466 e. The molecule has 0 radical (unpaired) electrons. The topological polar surface area (TPSA) is 61.8 Å². The van der Waals surface area contributed by atoms with Crippen molar-refractivity contribution in [1.82, 2.24) is 0 Å². The molecule has 0 saturated carbocycles. The lowest BCUT2D eigenvalue weighted by Gasteiger charge is -2.23. The van der Waals surface area contributed by atoms with E-state index in [1.807, 2.05) is 0 Å². The lowest BCUT2D eigenvalue weighted by molar-refractivity contribution is -0.137. The molecule has 1 unspecified atom stereocenters. The van der Waals surface area contributed by atoms with Gasteiger partial charge in [0.25, 0.3) is 0 Å². The maximum Gasteiger partial charge on any atom is 0.509 e. The molecule has 1 rings (SSSR count). The van der Waals surface area contributed by atoms with Crippen molar-refractivity contribution in [3.05, 3.63) is 47.0 Å². The first-order valence-corrected chi connectivity index (χ1v) is 6.94. The number of benzene rings is 1. The lowest BCUT2D eigenvalue weighted by atomic mass is 10.0. The highest BCUT2D eigenvalue weighted by Crippen LogP contribution is 2.32. The van der Waals surface area contributed by atoms with E-state index in [-0.39, 0.29) is 5.57 Å². The van der Waals surface area contributed by atoms with Gasteiger partial charge in [-0.05, 0) is 26.8 Å². The van der Waals surface area contributed by atoms with Crippen LogP contribution in [0.1, 0.15) is 32.4 Å². The number of halogens is 1. The summed E-state index contributed by atoms with van der Waals surface area (Å²) >= 11 is 6.10. The van der Waals surface area contributed by atoms with E-state index in [1.165, 1.54) is 7.11 Å². The molecule has 1 aromatic carbocycles. The van der Waals surface area contributed by atoms with Crippen LogP contribution in [0.4, 0.5) is 4.79 Å². The van der Waals surface area contributed by atoms with Crippen LogP contribution in [0.15, 0.2) is 36.4 Å². The molecule has 1 aromatic rings. The van der Waals surface area contributed by atoms with E-state index < -0.39 is 23.8 Å². The van der Waals surface area contributed by atoms with Crippen LogP contribution in [0, 0.1) is 0 Å². The number of ether oxygens (including phenoxy) is 3. The highest BCUT2D eigenvalue weighted by atomic mass is 35.5. The van der Waals surface area contributed by atoms with E-state index in [4.69, 9.17) is 21.1 Å². The third kappa shape index (κ3) is 5.07. The zero-order chi connectivity index (χ0) is 16.9. The quantitative estimate of drug-likeness (QED) is 0.616. The number of hydrogen-bond acceptors (Lipinski definition) is 5. The molecule has 0 bridgehead atoms. The van der Waals surface area contributed by atoms with Crippen molar-refractivity contribution in [3.8, 4) is 0 Å². The largest absolute Gasteiger partial charge is 0.509 e. The summed E-state index contributed by atoms with van der Waals surface area (Å²) in [4.78, 5) is 23.6. The number of hydrogen-bond donors (Lipinski definition) is 0. The van der Waals surface area contributed by atoms with Crippen molar-refractivity contribution in [2.45, 2.75) is 32.5 Å². The normalized spacial score (nSPS) is 12.2. The first kappa shape index (κ1) is 18.0. The summed E-state index contributed by atoms with van der Waals surface area (Å²) < 4.78 is 15.0. The summed E-state index contributed by atoms with van der Waals surface area (Å²) in [6.45, 7) is 8.73. The molecule has 0 heterocycles. The summed E-state index contributed by atoms with van der Waals surface area (Å²) in [5.74, 6) is -0.700. The molecular weight excluding hydrogens is 308 g/mol. The van der Waals surface area contributed by atoms with E-state index in [1.54, 1.807) is 45.0 Å². The van der Waals surface area contributed by atoms with Gasteiger partial charge >= 0.3 is 12.1 Å². The molecule has 0 amide bonds. The Morgan fingerprint density at radius 2 is 1.82 bits per heavy atom. The first-order chi connectivity index (χ1) is 10.2. The van der Waals surface area contributed by atoms with Crippen molar-refractivity contribution in [1.29, 1.82) is 0 Å². The average molecular weight is 327 g/mol. The van der Waals surface area contributed by atoms with E-state index in [9.17, 15) is 9.59 Å². The van der Waals surface area contributed by atoms with Crippen LogP contribution in [0.25, 0.3) is 0 Å². The Kier molecular flexibility index (Phi) is 6.00. The van der Waals surface area contributed by atoms with Crippen LogP contribution in [0.3, 0.4) is 0 Å². The molecule has 5 nitrogen and oxygen atoms in total. The zero-order valence-corrected chi connectivity index (χ0v) is 13.8. The number of methoxy groups -OCH3 is 1. The Hall–Kier alpha value is -2.01. The van der Waals surface area contributed by atoms with Crippen LogP contribution in [0.5, 0.6) is 0 Å². The Morgan fingerprint density at radius 3 is 2.32 bits per heavy atom. The third-order valence-electron chi connectivity index (χ3n) is 2.56. The fraction of sp³-hybridized carbons (Fsp3) is 0.375. The maximum atomic E-state index is 11.9. The molecule has 0 aliphatic rings. The highest BCUT2D eigenvalue weighted by Gasteiger charge is 2.29. The predicted molar refractivity (Wildman–Crippen MR) is 82.7 cm³/mol. The van der Waals surface area contributed by atoms with Gasteiger partial charge in [0.1, 0.15) is 5.60 Å². The van der Waals surface area contributed by atoms with E-state index >= 15 is 0 Å². The predicted octanol–water partition coefficient (Wildman–Crippen LogP) is 4.06. The van der Waals surface area contributed by atoms with Gasteiger partial charge in [-0.25, -0.2) is 9.59 Å². The second kappa shape index (κ2) is 7.31. The van der Waals surface area contributed by atoms with Gasteiger partial charge < -0.3 is 14.2 Å². The van der Waals surface area contributed by atoms with Crippen LogP contribution >= 0.6 is 11.6 Å². The van der Waals surface area contributed by atoms with Crippen LogP contribution in [0.2, 0.25) is 5.02 Å². The van der Waals surface area contributed by atoms with E-state index in [0.29, 0.717) is 10.6 Å². The SMILES string of the molecule is C=C(C(=O)OC)C(OC(=O)OC(C)(C)C)c1ccccc1Cl. The molecule has 0 spiro atoms. The fourth-order valence-corrected chi connectivity index (χ4v) is 1.85. The number of carbonyl (C=O) groups is 2. The lowest BCUT2D eigenvalue weighted by Crippen LogP contribution is -2.27. The Balaban J connectivity index is 3.08. The van der Waals surface area contributed by atoms with Gasteiger partial charge in [-0.3, -0.25) is 0 Å². The second-order valence-corrected chi connectivity index (χ2v) is 5.91. The summed E-state index contributed by atoms with van der Waals surface area (Å²) in [5.41, 5.74) is -0.360. The summed E-state index contributed by atoms with van der Waals surface area (Å²) in [5, 5.41) is 0.334. The van der Waals surface area contributed by atoms with E-state index in [2.05, 4.69) is 11.3 Å². The maximum absolute atomic E-state index is 11.9. The van der Waals surface area contributed by atoms with Crippen molar-refractivity contribution >= 4 is 23.7 Å². The summed E-state index contributed by atoms with van der Waals surface area (Å²) in [7, 11) is 1.21. The second-order valence-electron chi connectivity index (χ2n) is 5.50. The standard InChI is InChI=1S/C16H19ClO5/c1-10(14(18)20-5)13(11-8-6-7-9-12(11)17)21-15(19)22-16(2,3)4/h6-9,13H,1H2,2-5H3. The number of carbonyl (C=O) groups excluding carboxylic acids is 2. The van der Waals surface area contributed by atoms with Crippen molar-refractivity contribution < 1.29 is 23.8 Å². The van der Waals surface area contributed by atoms with Gasteiger partial charge in [0, 0.05) is 10.6 Å². The molecule has 6 heteroatoms. The molecule has 1 atom stereocenters. The molecule has 0 fully saturated rings. The van der Waals surface area contributed by atoms with Crippen LogP contribution in [-0.2, 0) is 19.0 Å². The number of rotatable bonds is 4. The van der Waals surface area contributed by atoms with Crippen LogP contribution in [-0.4, -0.2) is 24.8 Å². The molecule has 0 aliphatic carbocycles. The van der Waals surface area contributed by atoms with Gasteiger partial charge in [-0.1, -0.05) is 36.4 Å². The van der Waals surface area contributed by atoms with Gasteiger partial charge in [-0.2, -0.15) is 0 Å².